The van der Waals surface area contributed by atoms with Crippen molar-refractivity contribution < 1.29 is 28.7 Å². The van der Waals surface area contributed by atoms with Crippen LogP contribution in [-0.4, -0.2) is 48.6 Å². The Hall–Kier alpha value is -3.59. The fraction of sp³-hybridized carbons (Fsp3) is 0.515. The van der Waals surface area contributed by atoms with Gasteiger partial charge in [-0.1, -0.05) is 81.8 Å². The maximum absolute atomic E-state index is 13.5. The van der Waals surface area contributed by atoms with Crippen molar-refractivity contribution >= 4 is 35.5 Å². The van der Waals surface area contributed by atoms with Crippen LogP contribution in [0.25, 0.3) is 0 Å². The molecule has 1 heterocycles. The Bertz CT molecular complexity index is 1300. The van der Waals surface area contributed by atoms with Crippen LogP contribution in [0.3, 0.4) is 0 Å². The van der Waals surface area contributed by atoms with Crippen molar-refractivity contribution in [3.8, 4) is 0 Å². The Labute approximate surface area is 259 Å². The van der Waals surface area contributed by atoms with Crippen molar-refractivity contribution in [1.29, 1.82) is 0 Å². The zero-order chi connectivity index (χ0) is 31.9. The van der Waals surface area contributed by atoms with Crippen LogP contribution in [0, 0.1) is 11.8 Å². The van der Waals surface area contributed by atoms with Gasteiger partial charge in [0.05, 0.1) is 7.11 Å². The van der Waals surface area contributed by atoms with Crippen LogP contribution in [0.15, 0.2) is 54.6 Å². The highest BCUT2D eigenvalue weighted by Crippen LogP contribution is 2.40. The van der Waals surface area contributed by atoms with Crippen molar-refractivity contribution in [3.05, 3.63) is 70.7 Å². The quantitative estimate of drug-likeness (QED) is 0.273. The van der Waals surface area contributed by atoms with E-state index >= 15 is 0 Å². The highest BCUT2D eigenvalue weighted by Gasteiger charge is 2.41. The SMILES string of the molecule is COC(=O)C(CC1CC(C)(C)NC1=O)NC(=O)[C@H](CC(C)C)NC(=O)OC(c1ccccc1)C(C)(C)c1cccc(Cl)c1. The lowest BCUT2D eigenvalue weighted by Crippen LogP contribution is -2.53. The first kappa shape index (κ1) is 33.9. The Morgan fingerprint density at radius 3 is 2.28 bits per heavy atom. The lowest BCUT2D eigenvalue weighted by molar-refractivity contribution is -0.146. The van der Waals surface area contributed by atoms with E-state index in [9.17, 15) is 19.2 Å². The number of hydrogen-bond acceptors (Lipinski definition) is 6. The third kappa shape index (κ3) is 9.20. The summed E-state index contributed by atoms with van der Waals surface area (Å²) < 4.78 is 11.0. The molecular weight excluding hydrogens is 570 g/mol. The summed E-state index contributed by atoms with van der Waals surface area (Å²) >= 11 is 6.29. The molecule has 1 aliphatic rings. The van der Waals surface area contributed by atoms with Gasteiger partial charge in [-0.15, -0.1) is 0 Å². The molecule has 3 N–H and O–H groups in total. The molecule has 0 saturated carbocycles. The van der Waals surface area contributed by atoms with E-state index in [1.807, 2.05) is 90.1 Å². The first-order valence-electron chi connectivity index (χ1n) is 14.6. The van der Waals surface area contributed by atoms with Gasteiger partial charge < -0.3 is 25.4 Å². The van der Waals surface area contributed by atoms with Gasteiger partial charge in [-0.3, -0.25) is 9.59 Å². The Morgan fingerprint density at radius 2 is 1.72 bits per heavy atom. The summed E-state index contributed by atoms with van der Waals surface area (Å²) in [4.78, 5) is 52.2. The maximum atomic E-state index is 13.5. The van der Waals surface area contributed by atoms with Crippen LogP contribution in [0.4, 0.5) is 4.79 Å². The number of carbonyl (C=O) groups is 4. The summed E-state index contributed by atoms with van der Waals surface area (Å²) in [5, 5.41) is 8.92. The van der Waals surface area contributed by atoms with Crippen LogP contribution in [-0.2, 0) is 29.3 Å². The van der Waals surface area contributed by atoms with Gasteiger partial charge in [-0.25, -0.2) is 9.59 Å². The third-order valence-electron chi connectivity index (χ3n) is 7.78. The van der Waals surface area contributed by atoms with Crippen LogP contribution >= 0.6 is 11.6 Å². The Balaban J connectivity index is 1.81. The number of halogens is 1. The highest BCUT2D eigenvalue weighted by atomic mass is 35.5. The fourth-order valence-corrected chi connectivity index (χ4v) is 5.78. The number of alkyl carbamates (subject to hydrolysis) is 1. The number of hydrogen-bond donors (Lipinski definition) is 3. The molecule has 3 amide bonds. The van der Waals surface area contributed by atoms with Crippen molar-refractivity contribution in [2.24, 2.45) is 11.8 Å². The van der Waals surface area contributed by atoms with Crippen LogP contribution in [0.2, 0.25) is 5.02 Å². The molecule has 0 spiro atoms. The Morgan fingerprint density at radius 1 is 1.05 bits per heavy atom. The highest BCUT2D eigenvalue weighted by molar-refractivity contribution is 6.30. The minimum atomic E-state index is -1.06. The van der Waals surface area contributed by atoms with E-state index in [1.54, 1.807) is 6.07 Å². The summed E-state index contributed by atoms with van der Waals surface area (Å²) in [6.07, 6.45) is -0.618. The largest absolute Gasteiger partial charge is 0.467 e. The molecule has 0 radical (unpaired) electrons. The van der Waals surface area contributed by atoms with E-state index in [2.05, 4.69) is 16.0 Å². The van der Waals surface area contributed by atoms with E-state index in [1.165, 1.54) is 7.11 Å². The fourth-order valence-electron chi connectivity index (χ4n) is 5.59. The van der Waals surface area contributed by atoms with Crippen LogP contribution in [0.5, 0.6) is 0 Å². The summed E-state index contributed by atoms with van der Waals surface area (Å²) in [6.45, 7) is 11.6. The topological polar surface area (TPSA) is 123 Å². The lowest BCUT2D eigenvalue weighted by atomic mass is 9.76. The molecule has 3 rings (SSSR count). The van der Waals surface area contributed by atoms with E-state index in [-0.39, 0.29) is 18.2 Å². The molecule has 3 unspecified atom stereocenters. The number of ether oxygens (including phenoxy) is 2. The summed E-state index contributed by atoms with van der Waals surface area (Å²) in [5.74, 6) is -1.85. The van der Waals surface area contributed by atoms with E-state index in [4.69, 9.17) is 21.1 Å². The summed E-state index contributed by atoms with van der Waals surface area (Å²) in [7, 11) is 1.23. The summed E-state index contributed by atoms with van der Waals surface area (Å²) in [6, 6.07) is 14.7. The Kier molecular flexibility index (Phi) is 11.2. The molecule has 4 atom stereocenters. The first-order valence-corrected chi connectivity index (χ1v) is 15.0. The van der Waals surface area contributed by atoms with Gasteiger partial charge in [0.1, 0.15) is 18.2 Å². The number of esters is 1. The predicted octanol–water partition coefficient (Wildman–Crippen LogP) is 5.46. The van der Waals surface area contributed by atoms with Gasteiger partial charge >= 0.3 is 12.1 Å². The lowest BCUT2D eigenvalue weighted by Gasteiger charge is -2.35. The molecule has 1 fully saturated rings. The second kappa shape index (κ2) is 14.3. The predicted molar refractivity (Wildman–Crippen MR) is 165 cm³/mol. The molecule has 0 aromatic heterocycles. The average Bonchev–Trinajstić information content (AvgIpc) is 3.20. The molecule has 9 nitrogen and oxygen atoms in total. The third-order valence-corrected chi connectivity index (χ3v) is 8.01. The number of methoxy groups -OCH3 is 1. The van der Waals surface area contributed by atoms with Crippen molar-refractivity contribution in [2.45, 2.75) is 89.9 Å². The second-order valence-corrected chi connectivity index (χ2v) is 13.3. The minimum absolute atomic E-state index is 0.0295. The molecule has 1 saturated heterocycles. The molecule has 1 aliphatic heterocycles. The number of carbonyl (C=O) groups excluding carboxylic acids is 4. The normalized spacial score (nSPS) is 18.3. The van der Waals surface area contributed by atoms with Crippen molar-refractivity contribution in [1.82, 2.24) is 16.0 Å². The zero-order valence-corrected chi connectivity index (χ0v) is 26.8. The molecule has 0 bridgehead atoms. The minimum Gasteiger partial charge on any atom is -0.467 e. The smallest absolute Gasteiger partial charge is 0.408 e. The summed E-state index contributed by atoms with van der Waals surface area (Å²) in [5.41, 5.74) is 0.547. The van der Waals surface area contributed by atoms with Gasteiger partial charge in [0.25, 0.3) is 0 Å². The van der Waals surface area contributed by atoms with Gasteiger partial charge in [-0.2, -0.15) is 0 Å². The molecule has 0 aliphatic carbocycles. The van der Waals surface area contributed by atoms with E-state index in [0.717, 1.165) is 11.1 Å². The van der Waals surface area contributed by atoms with Crippen molar-refractivity contribution in [3.63, 3.8) is 0 Å². The van der Waals surface area contributed by atoms with E-state index < -0.39 is 53.0 Å². The molecule has 43 heavy (non-hydrogen) atoms. The monoisotopic (exact) mass is 613 g/mol. The van der Waals surface area contributed by atoms with Crippen molar-refractivity contribution in [2.75, 3.05) is 7.11 Å². The molecule has 2 aromatic carbocycles. The standard InChI is InChI=1S/C33H44ClN3O6/c1-20(2)16-25(29(39)35-26(30(40)42-7)17-22-19-32(3,4)37-28(22)38)36-31(41)43-27(21-12-9-8-10-13-21)33(5,6)23-14-11-15-24(34)18-23/h8-15,18,20,22,25-27H,16-17,19H2,1-7H3,(H,35,39)(H,36,41)(H,37,38)/t22?,25-,26?,27?/m0/s1. The molecule has 2 aromatic rings. The molecule has 10 heteroatoms. The molecule has 234 valence electrons. The first-order chi connectivity index (χ1) is 20.1. The average molecular weight is 614 g/mol. The number of benzene rings is 2. The molecular formula is C33H44ClN3O6. The van der Waals surface area contributed by atoms with E-state index in [0.29, 0.717) is 17.9 Å². The zero-order valence-electron chi connectivity index (χ0n) is 26.0. The maximum Gasteiger partial charge on any atom is 0.408 e. The van der Waals surface area contributed by atoms with Gasteiger partial charge in [0.15, 0.2) is 0 Å². The van der Waals surface area contributed by atoms with Gasteiger partial charge in [-0.05, 0) is 62.3 Å². The number of rotatable bonds is 12. The number of nitrogens with one attached hydrogen (secondary N) is 3. The number of amides is 3. The van der Waals surface area contributed by atoms with Gasteiger partial charge in [0, 0.05) is 21.9 Å². The second-order valence-electron chi connectivity index (χ2n) is 12.8. The van der Waals surface area contributed by atoms with Gasteiger partial charge in [0.2, 0.25) is 11.8 Å². The van der Waals surface area contributed by atoms with Crippen LogP contribution < -0.4 is 16.0 Å². The van der Waals surface area contributed by atoms with Crippen LogP contribution in [0.1, 0.15) is 78.0 Å².